The van der Waals surface area contributed by atoms with Crippen LogP contribution in [-0.4, -0.2) is 31.9 Å². The van der Waals surface area contributed by atoms with Crippen molar-refractivity contribution >= 4 is 23.7 Å². The molecule has 2 aromatic carbocycles. The molecule has 0 radical (unpaired) electrons. The Balaban J connectivity index is 1.95. The predicted molar refractivity (Wildman–Crippen MR) is 116 cm³/mol. The van der Waals surface area contributed by atoms with Gasteiger partial charge >= 0.3 is 0 Å². The molecule has 0 saturated heterocycles. The van der Waals surface area contributed by atoms with E-state index in [1.54, 1.807) is 12.1 Å². The van der Waals surface area contributed by atoms with Crippen LogP contribution < -0.4 is 19.6 Å². The number of nitrogens with zero attached hydrogens (tertiary/aromatic N) is 1. The standard InChI is InChI=1S/C22H27ClN2O4/c1-5-27-21-13-18(14-24-25-17(4)26)12-19(23)22(21)29-10-6-9-28-20-11-15(2)7-8-16(20)3/h7-8,11-14H,5-6,9-10H2,1-4H3,(H,25,26). The van der Waals surface area contributed by atoms with E-state index >= 15 is 0 Å². The highest BCUT2D eigenvalue weighted by atomic mass is 35.5. The van der Waals surface area contributed by atoms with Crippen LogP contribution in [0.5, 0.6) is 17.2 Å². The molecule has 2 rings (SSSR count). The second-order valence-electron chi connectivity index (χ2n) is 6.51. The van der Waals surface area contributed by atoms with Crippen LogP contribution in [-0.2, 0) is 4.79 Å². The van der Waals surface area contributed by atoms with E-state index in [0.717, 1.165) is 16.9 Å². The number of hydrogen-bond donors (Lipinski definition) is 1. The number of benzene rings is 2. The normalized spacial score (nSPS) is 10.8. The molecule has 0 unspecified atom stereocenters. The van der Waals surface area contributed by atoms with Gasteiger partial charge in [-0.3, -0.25) is 4.79 Å². The highest BCUT2D eigenvalue weighted by Gasteiger charge is 2.12. The summed E-state index contributed by atoms with van der Waals surface area (Å²) in [4.78, 5) is 10.9. The third-order valence-corrected chi connectivity index (χ3v) is 4.18. The Kier molecular flexibility index (Phi) is 8.80. The molecular weight excluding hydrogens is 392 g/mol. The van der Waals surface area contributed by atoms with Crippen LogP contribution in [0, 0.1) is 13.8 Å². The first-order chi connectivity index (χ1) is 13.9. The van der Waals surface area contributed by atoms with Crippen LogP contribution in [0.2, 0.25) is 5.02 Å². The van der Waals surface area contributed by atoms with E-state index < -0.39 is 0 Å². The van der Waals surface area contributed by atoms with Gasteiger partial charge < -0.3 is 14.2 Å². The van der Waals surface area contributed by atoms with Crippen molar-refractivity contribution in [1.29, 1.82) is 0 Å². The molecule has 29 heavy (non-hydrogen) atoms. The Morgan fingerprint density at radius 2 is 1.86 bits per heavy atom. The number of ether oxygens (including phenoxy) is 3. The van der Waals surface area contributed by atoms with Crippen molar-refractivity contribution in [2.45, 2.75) is 34.1 Å². The number of amides is 1. The largest absolute Gasteiger partial charge is 0.493 e. The predicted octanol–water partition coefficient (Wildman–Crippen LogP) is 4.67. The van der Waals surface area contributed by atoms with Crippen LogP contribution in [0.15, 0.2) is 35.4 Å². The highest BCUT2D eigenvalue weighted by Crippen LogP contribution is 2.36. The van der Waals surface area contributed by atoms with Crippen LogP contribution in [0.1, 0.15) is 37.0 Å². The summed E-state index contributed by atoms with van der Waals surface area (Å²) in [5.74, 6) is 1.65. The van der Waals surface area contributed by atoms with Gasteiger partial charge in [-0.25, -0.2) is 5.43 Å². The summed E-state index contributed by atoms with van der Waals surface area (Å²) in [6.07, 6.45) is 2.19. The minimum atomic E-state index is -0.250. The Labute approximate surface area is 176 Å². The molecule has 0 bridgehead atoms. The van der Waals surface area contributed by atoms with E-state index in [4.69, 9.17) is 25.8 Å². The van der Waals surface area contributed by atoms with Crippen LogP contribution in [0.25, 0.3) is 0 Å². The number of rotatable bonds is 10. The van der Waals surface area contributed by atoms with Gasteiger partial charge in [0, 0.05) is 13.3 Å². The van der Waals surface area contributed by atoms with Gasteiger partial charge in [0.15, 0.2) is 11.5 Å². The maximum atomic E-state index is 10.9. The zero-order chi connectivity index (χ0) is 21.2. The Morgan fingerprint density at radius 3 is 2.59 bits per heavy atom. The Bertz CT molecular complexity index is 868. The second-order valence-corrected chi connectivity index (χ2v) is 6.92. The molecule has 0 aromatic heterocycles. The molecule has 0 aliphatic rings. The smallest absolute Gasteiger partial charge is 0.236 e. The first-order valence-electron chi connectivity index (χ1n) is 9.49. The summed E-state index contributed by atoms with van der Waals surface area (Å²) in [5.41, 5.74) is 5.31. The van der Waals surface area contributed by atoms with E-state index in [0.29, 0.717) is 48.3 Å². The van der Waals surface area contributed by atoms with Crippen molar-refractivity contribution in [2.75, 3.05) is 19.8 Å². The number of halogens is 1. The number of nitrogens with one attached hydrogen (secondary N) is 1. The third kappa shape index (κ3) is 7.31. The maximum Gasteiger partial charge on any atom is 0.236 e. The van der Waals surface area contributed by atoms with E-state index in [2.05, 4.69) is 16.6 Å². The summed E-state index contributed by atoms with van der Waals surface area (Å²) in [7, 11) is 0. The SMILES string of the molecule is CCOc1cc(C=NNC(C)=O)cc(Cl)c1OCCCOc1cc(C)ccc1C. The fourth-order valence-corrected chi connectivity index (χ4v) is 2.81. The number of hydrogen-bond acceptors (Lipinski definition) is 5. The zero-order valence-electron chi connectivity index (χ0n) is 17.3. The molecule has 0 saturated carbocycles. The fraction of sp³-hybridized carbons (Fsp3) is 0.364. The number of aryl methyl sites for hydroxylation is 2. The topological polar surface area (TPSA) is 69.2 Å². The van der Waals surface area contributed by atoms with Crippen LogP contribution in [0.4, 0.5) is 0 Å². The molecule has 0 heterocycles. The lowest BCUT2D eigenvalue weighted by Crippen LogP contribution is -2.12. The maximum absolute atomic E-state index is 10.9. The minimum absolute atomic E-state index is 0.250. The monoisotopic (exact) mass is 418 g/mol. The van der Waals surface area contributed by atoms with Crippen molar-refractivity contribution in [3.8, 4) is 17.2 Å². The summed E-state index contributed by atoms with van der Waals surface area (Å²) in [5, 5.41) is 4.26. The molecular formula is C22H27ClN2O4. The quantitative estimate of drug-likeness (QED) is 0.345. The van der Waals surface area contributed by atoms with Gasteiger partial charge in [0.2, 0.25) is 5.91 Å². The number of hydrazone groups is 1. The molecule has 156 valence electrons. The van der Waals surface area contributed by atoms with Gasteiger partial charge in [-0.15, -0.1) is 0 Å². The van der Waals surface area contributed by atoms with E-state index in [9.17, 15) is 4.79 Å². The molecule has 7 heteroatoms. The van der Waals surface area contributed by atoms with Crippen molar-refractivity contribution in [3.05, 3.63) is 52.0 Å². The highest BCUT2D eigenvalue weighted by molar-refractivity contribution is 6.32. The number of carbonyl (C=O) groups excluding carboxylic acids is 1. The Hall–Kier alpha value is -2.73. The number of carbonyl (C=O) groups is 1. The summed E-state index contributed by atoms with van der Waals surface area (Å²) in [6, 6.07) is 9.61. The summed E-state index contributed by atoms with van der Waals surface area (Å²) in [6.45, 7) is 8.77. The lowest BCUT2D eigenvalue weighted by Gasteiger charge is -2.15. The fourth-order valence-electron chi connectivity index (χ4n) is 2.54. The molecule has 0 aliphatic carbocycles. The van der Waals surface area contributed by atoms with Gasteiger partial charge in [0.25, 0.3) is 0 Å². The molecule has 2 aromatic rings. The molecule has 1 N–H and O–H groups in total. The first kappa shape index (κ1) is 22.6. The van der Waals surface area contributed by atoms with Crippen molar-refractivity contribution in [2.24, 2.45) is 5.10 Å². The second kappa shape index (κ2) is 11.3. The van der Waals surface area contributed by atoms with Crippen molar-refractivity contribution in [1.82, 2.24) is 5.43 Å². The van der Waals surface area contributed by atoms with Crippen molar-refractivity contribution < 1.29 is 19.0 Å². The van der Waals surface area contributed by atoms with Gasteiger partial charge in [-0.1, -0.05) is 23.7 Å². The summed E-state index contributed by atoms with van der Waals surface area (Å²) < 4.78 is 17.4. The lowest BCUT2D eigenvalue weighted by molar-refractivity contribution is -0.118. The molecule has 0 spiro atoms. The average Bonchev–Trinajstić information content (AvgIpc) is 2.66. The van der Waals surface area contributed by atoms with Gasteiger partial charge in [0.1, 0.15) is 5.75 Å². The van der Waals surface area contributed by atoms with Gasteiger partial charge in [-0.2, -0.15) is 5.10 Å². The van der Waals surface area contributed by atoms with E-state index in [-0.39, 0.29) is 5.91 Å². The molecule has 0 aliphatic heterocycles. The summed E-state index contributed by atoms with van der Waals surface area (Å²) >= 11 is 6.37. The van der Waals surface area contributed by atoms with Crippen molar-refractivity contribution in [3.63, 3.8) is 0 Å². The molecule has 0 atom stereocenters. The van der Waals surface area contributed by atoms with Crippen LogP contribution >= 0.6 is 11.6 Å². The third-order valence-electron chi connectivity index (χ3n) is 3.90. The lowest BCUT2D eigenvalue weighted by atomic mass is 10.1. The van der Waals surface area contributed by atoms with Crippen LogP contribution in [0.3, 0.4) is 0 Å². The van der Waals surface area contributed by atoms with Gasteiger partial charge in [0.05, 0.1) is 31.1 Å². The first-order valence-corrected chi connectivity index (χ1v) is 9.87. The van der Waals surface area contributed by atoms with E-state index in [1.807, 2.05) is 32.9 Å². The zero-order valence-corrected chi connectivity index (χ0v) is 18.0. The Morgan fingerprint density at radius 1 is 1.10 bits per heavy atom. The molecule has 6 nitrogen and oxygen atoms in total. The molecule has 1 amide bonds. The average molecular weight is 419 g/mol. The van der Waals surface area contributed by atoms with E-state index in [1.165, 1.54) is 13.1 Å². The minimum Gasteiger partial charge on any atom is -0.493 e. The van der Waals surface area contributed by atoms with Gasteiger partial charge in [-0.05, 0) is 55.7 Å². The molecule has 0 fully saturated rings.